The van der Waals surface area contributed by atoms with Gasteiger partial charge in [-0.1, -0.05) is 18.2 Å². The van der Waals surface area contributed by atoms with Crippen molar-refractivity contribution < 1.29 is 13.2 Å². The van der Waals surface area contributed by atoms with Gasteiger partial charge in [0.05, 0.1) is 10.6 Å². The Bertz CT molecular complexity index is 847. The van der Waals surface area contributed by atoms with Crippen LogP contribution in [0, 0.1) is 6.92 Å². The van der Waals surface area contributed by atoms with E-state index in [0.29, 0.717) is 17.8 Å². The van der Waals surface area contributed by atoms with Gasteiger partial charge >= 0.3 is 0 Å². The highest BCUT2D eigenvalue weighted by atomic mass is 32.2. The van der Waals surface area contributed by atoms with Crippen molar-refractivity contribution in [3.8, 4) is 0 Å². The number of aryl methyl sites for hydroxylation is 1. The summed E-state index contributed by atoms with van der Waals surface area (Å²) in [5, 5.41) is 2.83. The SMILES string of the molecule is Cc1ccccc1NS(=O)(=O)c1ccc(C(=O)NCCCN(C)C)cc1. The number of sulfonamides is 1. The smallest absolute Gasteiger partial charge is 0.261 e. The van der Waals surface area contributed by atoms with E-state index in [1.54, 1.807) is 12.1 Å². The van der Waals surface area contributed by atoms with Crippen LogP contribution in [0.3, 0.4) is 0 Å². The standard InChI is InChI=1S/C19H25N3O3S/c1-15-7-4-5-8-18(15)21-26(24,25)17-11-9-16(10-12-17)19(23)20-13-6-14-22(2)3/h4-5,7-12,21H,6,13-14H2,1-3H3,(H,20,23). The zero-order chi connectivity index (χ0) is 19.2. The molecule has 2 rings (SSSR count). The van der Waals surface area contributed by atoms with E-state index in [1.165, 1.54) is 24.3 Å². The second-order valence-corrected chi connectivity index (χ2v) is 8.04. The van der Waals surface area contributed by atoms with E-state index in [4.69, 9.17) is 0 Å². The van der Waals surface area contributed by atoms with E-state index in [9.17, 15) is 13.2 Å². The summed E-state index contributed by atoms with van der Waals surface area (Å²) in [6.07, 6.45) is 0.853. The number of rotatable bonds is 8. The number of hydrogen-bond donors (Lipinski definition) is 2. The molecule has 2 N–H and O–H groups in total. The zero-order valence-corrected chi connectivity index (χ0v) is 16.1. The molecule has 0 fully saturated rings. The Morgan fingerprint density at radius 2 is 1.69 bits per heavy atom. The van der Waals surface area contributed by atoms with Gasteiger partial charge in [0.15, 0.2) is 0 Å². The van der Waals surface area contributed by atoms with Gasteiger partial charge in [0.25, 0.3) is 15.9 Å². The quantitative estimate of drug-likeness (QED) is 0.695. The molecule has 2 aromatic rings. The average molecular weight is 375 g/mol. The summed E-state index contributed by atoms with van der Waals surface area (Å²) < 4.78 is 27.6. The van der Waals surface area contributed by atoms with Crippen LogP contribution in [0.15, 0.2) is 53.4 Å². The number of para-hydroxylation sites is 1. The van der Waals surface area contributed by atoms with Crippen molar-refractivity contribution in [1.29, 1.82) is 0 Å². The largest absolute Gasteiger partial charge is 0.352 e. The predicted molar refractivity (Wildman–Crippen MR) is 104 cm³/mol. The number of nitrogens with zero attached hydrogens (tertiary/aromatic N) is 1. The molecule has 26 heavy (non-hydrogen) atoms. The van der Waals surface area contributed by atoms with Crippen LogP contribution in [0.2, 0.25) is 0 Å². The highest BCUT2D eigenvalue weighted by molar-refractivity contribution is 7.92. The Morgan fingerprint density at radius 1 is 1.04 bits per heavy atom. The van der Waals surface area contributed by atoms with Crippen molar-refractivity contribution in [3.63, 3.8) is 0 Å². The third-order valence-corrected chi connectivity index (χ3v) is 5.27. The summed E-state index contributed by atoms with van der Waals surface area (Å²) in [6, 6.07) is 13.1. The lowest BCUT2D eigenvalue weighted by atomic mass is 10.2. The summed E-state index contributed by atoms with van der Waals surface area (Å²) in [6.45, 7) is 3.30. The van der Waals surface area contributed by atoms with E-state index in [0.717, 1.165) is 18.5 Å². The van der Waals surface area contributed by atoms with Crippen molar-refractivity contribution >= 4 is 21.6 Å². The van der Waals surface area contributed by atoms with Crippen molar-refractivity contribution in [3.05, 3.63) is 59.7 Å². The Labute approximate surface area is 155 Å². The second-order valence-electron chi connectivity index (χ2n) is 6.36. The molecule has 0 aliphatic carbocycles. The monoisotopic (exact) mass is 375 g/mol. The predicted octanol–water partition coefficient (Wildman–Crippen LogP) is 2.48. The number of anilines is 1. The maximum atomic E-state index is 12.5. The molecule has 0 saturated carbocycles. The number of carbonyl (C=O) groups excluding carboxylic acids is 1. The molecule has 6 nitrogen and oxygen atoms in total. The lowest BCUT2D eigenvalue weighted by Crippen LogP contribution is -2.27. The fraction of sp³-hybridized carbons (Fsp3) is 0.316. The Balaban J connectivity index is 2.01. The maximum Gasteiger partial charge on any atom is 0.261 e. The lowest BCUT2D eigenvalue weighted by Gasteiger charge is -2.11. The fourth-order valence-electron chi connectivity index (χ4n) is 2.38. The van der Waals surface area contributed by atoms with E-state index in [-0.39, 0.29) is 10.8 Å². The Kier molecular flexibility index (Phi) is 6.76. The van der Waals surface area contributed by atoms with Gasteiger partial charge in [0, 0.05) is 12.1 Å². The molecule has 0 radical (unpaired) electrons. The molecular weight excluding hydrogens is 350 g/mol. The van der Waals surface area contributed by atoms with Crippen molar-refractivity contribution in [1.82, 2.24) is 10.2 Å². The van der Waals surface area contributed by atoms with Crippen LogP contribution < -0.4 is 10.0 Å². The summed E-state index contributed by atoms with van der Waals surface area (Å²) in [4.78, 5) is 14.3. The lowest BCUT2D eigenvalue weighted by molar-refractivity contribution is 0.0952. The minimum atomic E-state index is -3.70. The molecule has 2 aromatic carbocycles. The van der Waals surface area contributed by atoms with Crippen LogP contribution in [0.4, 0.5) is 5.69 Å². The summed E-state index contributed by atoms with van der Waals surface area (Å²) >= 11 is 0. The van der Waals surface area contributed by atoms with Gasteiger partial charge in [-0.05, 0) is 69.9 Å². The van der Waals surface area contributed by atoms with Crippen molar-refractivity contribution in [2.75, 3.05) is 31.9 Å². The van der Waals surface area contributed by atoms with Crippen LogP contribution in [-0.4, -0.2) is 46.4 Å². The fourth-order valence-corrected chi connectivity index (χ4v) is 3.51. The summed E-state index contributed by atoms with van der Waals surface area (Å²) in [5.41, 5.74) is 1.81. The van der Waals surface area contributed by atoms with Gasteiger partial charge < -0.3 is 10.2 Å². The molecule has 0 unspecified atom stereocenters. The second kappa shape index (κ2) is 8.82. The molecule has 1 amide bonds. The van der Waals surface area contributed by atoms with Crippen LogP contribution in [0.25, 0.3) is 0 Å². The molecule has 140 valence electrons. The van der Waals surface area contributed by atoms with Crippen molar-refractivity contribution in [2.45, 2.75) is 18.2 Å². The minimum Gasteiger partial charge on any atom is -0.352 e. The Morgan fingerprint density at radius 3 is 2.31 bits per heavy atom. The molecule has 7 heteroatoms. The molecule has 0 heterocycles. The highest BCUT2D eigenvalue weighted by Gasteiger charge is 2.16. The van der Waals surface area contributed by atoms with E-state index in [1.807, 2.05) is 38.1 Å². The highest BCUT2D eigenvalue weighted by Crippen LogP contribution is 2.19. The first-order chi connectivity index (χ1) is 12.3. The third-order valence-electron chi connectivity index (χ3n) is 3.88. The topological polar surface area (TPSA) is 78.5 Å². The van der Waals surface area contributed by atoms with Gasteiger partial charge in [-0.15, -0.1) is 0 Å². The summed E-state index contributed by atoms with van der Waals surface area (Å²) in [5.74, 6) is -0.209. The van der Waals surface area contributed by atoms with Gasteiger partial charge in [-0.3, -0.25) is 9.52 Å². The van der Waals surface area contributed by atoms with Crippen LogP contribution >= 0.6 is 0 Å². The van der Waals surface area contributed by atoms with E-state index >= 15 is 0 Å². The molecule has 0 saturated heterocycles. The molecule has 0 atom stereocenters. The van der Waals surface area contributed by atoms with Gasteiger partial charge in [0.2, 0.25) is 0 Å². The third kappa shape index (κ3) is 5.57. The molecule has 0 aromatic heterocycles. The Hall–Kier alpha value is -2.38. The van der Waals surface area contributed by atoms with E-state index in [2.05, 4.69) is 10.0 Å². The number of benzene rings is 2. The molecule has 0 bridgehead atoms. The first kappa shape index (κ1) is 19.9. The maximum absolute atomic E-state index is 12.5. The number of nitrogens with one attached hydrogen (secondary N) is 2. The molecular formula is C19H25N3O3S. The van der Waals surface area contributed by atoms with Gasteiger partial charge in [-0.25, -0.2) is 8.42 Å². The normalized spacial score (nSPS) is 11.4. The number of carbonyl (C=O) groups is 1. The first-order valence-electron chi connectivity index (χ1n) is 8.41. The van der Waals surface area contributed by atoms with Crippen LogP contribution in [-0.2, 0) is 10.0 Å². The van der Waals surface area contributed by atoms with E-state index < -0.39 is 10.0 Å². The van der Waals surface area contributed by atoms with Crippen molar-refractivity contribution in [2.24, 2.45) is 0 Å². The molecule has 0 spiro atoms. The van der Waals surface area contributed by atoms with Crippen LogP contribution in [0.5, 0.6) is 0 Å². The first-order valence-corrected chi connectivity index (χ1v) is 9.89. The average Bonchev–Trinajstić information content (AvgIpc) is 2.60. The summed E-state index contributed by atoms with van der Waals surface area (Å²) in [7, 11) is 0.260. The molecule has 0 aliphatic heterocycles. The van der Waals surface area contributed by atoms with Crippen LogP contribution in [0.1, 0.15) is 22.3 Å². The van der Waals surface area contributed by atoms with Gasteiger partial charge in [-0.2, -0.15) is 0 Å². The molecule has 0 aliphatic rings. The van der Waals surface area contributed by atoms with Gasteiger partial charge in [0.1, 0.15) is 0 Å². The number of amides is 1. The zero-order valence-electron chi connectivity index (χ0n) is 15.3. The minimum absolute atomic E-state index is 0.116. The number of hydrogen-bond acceptors (Lipinski definition) is 4.